The summed E-state index contributed by atoms with van der Waals surface area (Å²) >= 11 is 0. The summed E-state index contributed by atoms with van der Waals surface area (Å²) < 4.78 is 91.6. The molecule has 2 aromatic rings. The van der Waals surface area contributed by atoms with E-state index in [9.17, 15) is 27.1 Å². The molecule has 32 heavy (non-hydrogen) atoms. The molecule has 1 aliphatic carbocycles. The first-order chi connectivity index (χ1) is 16.9. The lowest BCUT2D eigenvalue weighted by Crippen LogP contribution is -2.42. The summed E-state index contributed by atoms with van der Waals surface area (Å²) in [5, 5.41) is 13.6. The minimum atomic E-state index is -4.55. The lowest BCUT2D eigenvalue weighted by atomic mass is 9.99. The molecule has 2 fully saturated rings. The molecule has 1 saturated carbocycles. The van der Waals surface area contributed by atoms with E-state index in [1.54, 1.807) is 0 Å². The number of nitrogens with zero attached hydrogens (tertiary/aromatic N) is 4. The topological polar surface area (TPSA) is 117 Å². The van der Waals surface area contributed by atoms with Crippen molar-refractivity contribution >= 4 is 27.0 Å². The average molecular weight is 477 g/mol. The first-order valence-electron chi connectivity index (χ1n) is 12.7. The fourth-order valence-corrected chi connectivity index (χ4v) is 5.09. The van der Waals surface area contributed by atoms with Crippen LogP contribution in [0.2, 0.25) is 0 Å². The maximum Gasteiger partial charge on any atom is 0.269 e. The maximum atomic E-state index is 14.0. The summed E-state index contributed by atoms with van der Waals surface area (Å²) in [5.74, 6) is -0.134. The van der Waals surface area contributed by atoms with Crippen LogP contribution in [0.15, 0.2) is 17.1 Å². The van der Waals surface area contributed by atoms with Crippen molar-refractivity contribution in [2.45, 2.75) is 63.1 Å². The minimum absolute atomic E-state index is 0.0346. The SMILES string of the molecule is [2H]C1(Nc2ncc3cc(C([2H])(F)F)c(=O)n(C4CCCC4(C)O)c3n2)CCN(S(=O)(=O)C([2H])([2H])[2H])CC1. The number of fused-ring (bicyclic) bond motifs is 1. The molecular formula is C20H27F2N5O4S. The van der Waals surface area contributed by atoms with Crippen LogP contribution >= 0.6 is 0 Å². The first-order valence-corrected chi connectivity index (χ1v) is 11.6. The second-order valence-electron chi connectivity index (χ2n) is 8.36. The smallest absolute Gasteiger partial charge is 0.269 e. The zero-order valence-corrected chi connectivity index (χ0v) is 18.1. The molecule has 3 heterocycles. The molecule has 0 radical (unpaired) electrons. The second kappa shape index (κ2) is 8.31. The maximum absolute atomic E-state index is 14.0. The molecule has 1 saturated heterocycles. The molecule has 1 aliphatic heterocycles. The van der Waals surface area contributed by atoms with Gasteiger partial charge < -0.3 is 10.4 Å². The van der Waals surface area contributed by atoms with E-state index in [-0.39, 0.29) is 42.9 Å². The van der Waals surface area contributed by atoms with Crippen molar-refractivity contribution < 1.29 is 29.2 Å². The zero-order valence-electron chi connectivity index (χ0n) is 22.3. The molecule has 12 heteroatoms. The van der Waals surface area contributed by atoms with Gasteiger partial charge in [0.2, 0.25) is 16.0 Å². The van der Waals surface area contributed by atoms with Gasteiger partial charge in [0.05, 0.1) is 24.8 Å². The fourth-order valence-electron chi connectivity index (χ4n) is 4.42. The van der Waals surface area contributed by atoms with E-state index in [0.717, 1.165) is 21.1 Å². The number of aliphatic hydroxyl groups is 1. The highest BCUT2D eigenvalue weighted by Gasteiger charge is 2.40. The van der Waals surface area contributed by atoms with Gasteiger partial charge in [-0.3, -0.25) is 9.36 Å². The van der Waals surface area contributed by atoms with Gasteiger partial charge in [-0.05, 0) is 45.1 Å². The Morgan fingerprint density at radius 3 is 2.72 bits per heavy atom. The van der Waals surface area contributed by atoms with E-state index >= 15 is 0 Å². The lowest BCUT2D eigenvalue weighted by molar-refractivity contribution is 0.0261. The quantitative estimate of drug-likeness (QED) is 0.678. The summed E-state index contributed by atoms with van der Waals surface area (Å²) in [6, 6.07) is -1.53. The Hall–Kier alpha value is -2.18. The molecule has 0 spiro atoms. The summed E-state index contributed by atoms with van der Waals surface area (Å²) in [5.41, 5.74) is -3.68. The normalized spacial score (nSPS) is 29.6. The van der Waals surface area contributed by atoms with Crippen LogP contribution < -0.4 is 10.9 Å². The van der Waals surface area contributed by atoms with Gasteiger partial charge in [0, 0.05) is 34.8 Å². The number of alkyl halides is 2. The number of hydrogen-bond acceptors (Lipinski definition) is 7. The van der Waals surface area contributed by atoms with Crippen molar-refractivity contribution in [1.29, 1.82) is 0 Å². The zero-order chi connectivity index (χ0) is 27.6. The van der Waals surface area contributed by atoms with E-state index in [0.29, 0.717) is 19.3 Å². The average Bonchev–Trinajstić information content (AvgIpc) is 3.10. The standard InChI is InChI=1S/C20H27F2N5O4S/c1-20(29)7-3-4-15(20)27-17-12(10-14(16(21)22)18(27)28)11-23-19(25-17)24-13-5-8-26(9-6-13)32(2,30)31/h10-11,13,15-16,29H,3-9H2,1-2H3,(H,23,24,25)/i2D3,13D,16D. The van der Waals surface area contributed by atoms with E-state index in [4.69, 9.17) is 6.85 Å². The predicted molar refractivity (Wildman–Crippen MR) is 115 cm³/mol. The molecule has 2 aromatic heterocycles. The monoisotopic (exact) mass is 476 g/mol. The molecule has 9 nitrogen and oxygen atoms in total. The number of rotatable bonds is 5. The summed E-state index contributed by atoms with van der Waals surface area (Å²) in [6.45, 7) is 1.03. The van der Waals surface area contributed by atoms with Crippen LogP contribution in [0.5, 0.6) is 0 Å². The number of anilines is 1. The Kier molecular flexibility index (Phi) is 4.49. The Morgan fingerprint density at radius 2 is 2.12 bits per heavy atom. The largest absolute Gasteiger partial charge is 0.388 e. The third-order valence-electron chi connectivity index (χ3n) is 6.12. The van der Waals surface area contributed by atoms with Crippen LogP contribution in [0.1, 0.15) is 63.9 Å². The summed E-state index contributed by atoms with van der Waals surface area (Å²) in [4.78, 5) is 21.5. The van der Waals surface area contributed by atoms with Crippen LogP contribution in [-0.2, 0) is 10.0 Å². The summed E-state index contributed by atoms with van der Waals surface area (Å²) in [7, 11) is -4.55. The van der Waals surface area contributed by atoms with Crippen molar-refractivity contribution in [3.8, 4) is 0 Å². The molecule has 2 unspecified atom stereocenters. The molecule has 0 aromatic carbocycles. The molecule has 2 N–H and O–H groups in total. The Balaban J connectivity index is 1.70. The van der Waals surface area contributed by atoms with Crippen molar-refractivity contribution in [1.82, 2.24) is 18.8 Å². The van der Waals surface area contributed by atoms with Crippen molar-refractivity contribution in [2.24, 2.45) is 0 Å². The lowest BCUT2D eigenvalue weighted by Gasteiger charge is -2.31. The van der Waals surface area contributed by atoms with Gasteiger partial charge in [0.15, 0.2) is 0 Å². The van der Waals surface area contributed by atoms with E-state index in [1.807, 2.05) is 0 Å². The van der Waals surface area contributed by atoms with Gasteiger partial charge in [-0.15, -0.1) is 0 Å². The van der Waals surface area contributed by atoms with Gasteiger partial charge in [-0.1, -0.05) is 0 Å². The number of pyridine rings is 1. The molecule has 4 rings (SSSR count). The molecule has 0 amide bonds. The van der Waals surface area contributed by atoms with Crippen molar-refractivity contribution in [2.75, 3.05) is 24.6 Å². The van der Waals surface area contributed by atoms with Gasteiger partial charge in [0.1, 0.15) is 7.02 Å². The van der Waals surface area contributed by atoms with Crippen LogP contribution in [0.3, 0.4) is 0 Å². The molecular weight excluding hydrogens is 444 g/mol. The highest BCUT2D eigenvalue weighted by Crippen LogP contribution is 2.39. The Bertz CT molecular complexity index is 1370. The third-order valence-corrected chi connectivity index (χ3v) is 7.17. The van der Waals surface area contributed by atoms with Gasteiger partial charge >= 0.3 is 0 Å². The third kappa shape index (κ3) is 4.35. The van der Waals surface area contributed by atoms with Crippen LogP contribution in [0.4, 0.5) is 14.7 Å². The van der Waals surface area contributed by atoms with Crippen LogP contribution in [0, 0.1) is 0 Å². The van der Waals surface area contributed by atoms with Crippen LogP contribution in [-0.4, -0.2) is 63.3 Å². The number of aromatic nitrogens is 3. The number of piperidine rings is 1. The van der Waals surface area contributed by atoms with E-state index in [2.05, 4.69) is 15.3 Å². The van der Waals surface area contributed by atoms with Crippen molar-refractivity contribution in [3.05, 3.63) is 28.2 Å². The molecule has 176 valence electrons. The van der Waals surface area contributed by atoms with Crippen molar-refractivity contribution in [3.63, 3.8) is 0 Å². The van der Waals surface area contributed by atoms with Gasteiger partial charge in [0.25, 0.3) is 12.0 Å². The number of nitrogens with one attached hydrogen (secondary N) is 1. The van der Waals surface area contributed by atoms with Crippen LogP contribution in [0.25, 0.3) is 11.0 Å². The Labute approximate surface area is 191 Å². The molecule has 2 aliphatic rings. The molecule has 0 bridgehead atoms. The fraction of sp³-hybridized carbons (Fsp3) is 0.650. The van der Waals surface area contributed by atoms with Gasteiger partial charge in [-0.25, -0.2) is 26.5 Å². The predicted octanol–water partition coefficient (Wildman–Crippen LogP) is 2.04. The number of halogens is 2. The highest BCUT2D eigenvalue weighted by molar-refractivity contribution is 7.88. The highest BCUT2D eigenvalue weighted by atomic mass is 32.2. The minimum Gasteiger partial charge on any atom is -0.388 e. The number of sulfonamides is 1. The first kappa shape index (κ1) is 17.3. The Morgan fingerprint density at radius 1 is 1.41 bits per heavy atom. The van der Waals surface area contributed by atoms with E-state index in [1.165, 1.54) is 6.92 Å². The second-order valence-corrected chi connectivity index (χ2v) is 9.83. The molecule has 2 atom stereocenters. The summed E-state index contributed by atoms with van der Waals surface area (Å²) in [6.07, 6.45) is -5.26. The number of hydrogen-bond donors (Lipinski definition) is 2. The van der Waals surface area contributed by atoms with Gasteiger partial charge in [-0.2, -0.15) is 4.98 Å². The van der Waals surface area contributed by atoms with E-state index < -0.39 is 51.4 Å².